The zero-order valence-electron chi connectivity index (χ0n) is 9.07. The fourth-order valence-corrected chi connectivity index (χ4v) is 2.02. The molecule has 0 aliphatic carbocycles. The molecule has 1 heterocycles. The maximum Gasteiger partial charge on any atom is 0.249 e. The summed E-state index contributed by atoms with van der Waals surface area (Å²) in [5, 5.41) is 5.03. The van der Waals surface area contributed by atoms with Gasteiger partial charge >= 0.3 is 0 Å². The van der Waals surface area contributed by atoms with Crippen molar-refractivity contribution in [2.45, 2.75) is 13.0 Å². The first-order valence-electron chi connectivity index (χ1n) is 5.04. The van der Waals surface area contributed by atoms with Crippen molar-refractivity contribution in [3.05, 3.63) is 34.7 Å². The molecule has 1 aromatic rings. The SMILES string of the molecule is C=COCCCNCc1cc(C(N)=O)cs1. The van der Waals surface area contributed by atoms with Crippen molar-refractivity contribution in [1.82, 2.24) is 5.32 Å². The fourth-order valence-electron chi connectivity index (χ4n) is 1.18. The van der Waals surface area contributed by atoms with Crippen molar-refractivity contribution in [3.63, 3.8) is 0 Å². The predicted octanol–water partition coefficient (Wildman–Crippen LogP) is 1.49. The molecule has 0 unspecified atom stereocenters. The van der Waals surface area contributed by atoms with Gasteiger partial charge in [-0.15, -0.1) is 11.3 Å². The first kappa shape index (κ1) is 12.7. The van der Waals surface area contributed by atoms with Gasteiger partial charge in [0.25, 0.3) is 0 Å². The van der Waals surface area contributed by atoms with Crippen molar-refractivity contribution in [2.24, 2.45) is 5.73 Å². The third kappa shape index (κ3) is 4.46. The van der Waals surface area contributed by atoms with Crippen LogP contribution in [0.15, 0.2) is 24.3 Å². The van der Waals surface area contributed by atoms with Crippen molar-refractivity contribution < 1.29 is 9.53 Å². The number of rotatable bonds is 8. The third-order valence-electron chi connectivity index (χ3n) is 1.97. The first-order chi connectivity index (χ1) is 7.74. The van der Waals surface area contributed by atoms with Crippen LogP contribution in [0, 0.1) is 0 Å². The van der Waals surface area contributed by atoms with E-state index in [1.165, 1.54) is 17.6 Å². The van der Waals surface area contributed by atoms with E-state index in [2.05, 4.69) is 11.9 Å². The van der Waals surface area contributed by atoms with Crippen LogP contribution in [0.4, 0.5) is 0 Å². The summed E-state index contributed by atoms with van der Waals surface area (Å²) in [5.41, 5.74) is 5.74. The Bertz CT molecular complexity index is 350. The molecule has 1 amide bonds. The van der Waals surface area contributed by atoms with E-state index in [9.17, 15) is 4.79 Å². The van der Waals surface area contributed by atoms with E-state index in [0.29, 0.717) is 12.2 Å². The van der Waals surface area contributed by atoms with Gasteiger partial charge in [0.05, 0.1) is 18.4 Å². The van der Waals surface area contributed by atoms with Crippen LogP contribution in [0.2, 0.25) is 0 Å². The minimum atomic E-state index is -0.373. The molecule has 3 N–H and O–H groups in total. The number of amides is 1. The highest BCUT2D eigenvalue weighted by atomic mass is 32.1. The van der Waals surface area contributed by atoms with Gasteiger partial charge in [-0.2, -0.15) is 0 Å². The molecule has 5 heteroatoms. The zero-order valence-corrected chi connectivity index (χ0v) is 9.89. The molecule has 0 bridgehead atoms. The van der Waals surface area contributed by atoms with Gasteiger partial charge in [0.15, 0.2) is 0 Å². The Balaban J connectivity index is 2.16. The average Bonchev–Trinajstić information content (AvgIpc) is 2.72. The minimum absolute atomic E-state index is 0.373. The van der Waals surface area contributed by atoms with Gasteiger partial charge < -0.3 is 15.8 Å². The fraction of sp³-hybridized carbons (Fsp3) is 0.364. The standard InChI is InChI=1S/C11H16N2O2S/c1-2-15-5-3-4-13-7-10-6-9(8-16-10)11(12)14/h2,6,8,13H,1,3-5,7H2,(H2,12,14). The van der Waals surface area contributed by atoms with Crippen molar-refractivity contribution in [1.29, 1.82) is 0 Å². The Hall–Kier alpha value is -1.33. The van der Waals surface area contributed by atoms with Gasteiger partial charge in [-0.05, 0) is 19.0 Å². The van der Waals surface area contributed by atoms with Crippen LogP contribution in [-0.4, -0.2) is 19.1 Å². The van der Waals surface area contributed by atoms with Crippen LogP contribution in [0.5, 0.6) is 0 Å². The van der Waals surface area contributed by atoms with E-state index in [0.717, 1.165) is 24.4 Å². The molecule has 1 rings (SSSR count). The molecule has 0 aromatic carbocycles. The Labute approximate surface area is 99.1 Å². The van der Waals surface area contributed by atoms with Gasteiger partial charge in [0, 0.05) is 16.8 Å². The molecule has 0 aliphatic rings. The van der Waals surface area contributed by atoms with Gasteiger partial charge in [0.1, 0.15) is 0 Å². The van der Waals surface area contributed by atoms with Crippen molar-refractivity contribution in [2.75, 3.05) is 13.2 Å². The maximum atomic E-state index is 10.8. The highest BCUT2D eigenvalue weighted by Crippen LogP contribution is 2.13. The largest absolute Gasteiger partial charge is 0.502 e. The molecule has 0 fully saturated rings. The molecule has 0 atom stereocenters. The number of nitrogens with one attached hydrogen (secondary N) is 1. The highest BCUT2D eigenvalue weighted by molar-refractivity contribution is 7.10. The Morgan fingerprint density at radius 1 is 1.69 bits per heavy atom. The molecular formula is C11H16N2O2S. The van der Waals surface area contributed by atoms with E-state index in [1.807, 2.05) is 6.07 Å². The summed E-state index contributed by atoms with van der Waals surface area (Å²) >= 11 is 1.54. The molecule has 0 aliphatic heterocycles. The monoisotopic (exact) mass is 240 g/mol. The number of carbonyl (C=O) groups is 1. The Kier molecular flexibility index (Phi) is 5.60. The smallest absolute Gasteiger partial charge is 0.249 e. The number of primary amides is 1. The summed E-state index contributed by atoms with van der Waals surface area (Å²) in [6.45, 7) is 5.76. The van der Waals surface area contributed by atoms with Crippen molar-refractivity contribution >= 4 is 17.2 Å². The lowest BCUT2D eigenvalue weighted by atomic mass is 10.3. The van der Waals surface area contributed by atoms with Crippen LogP contribution in [-0.2, 0) is 11.3 Å². The second-order valence-corrected chi connectivity index (χ2v) is 4.23. The summed E-state index contributed by atoms with van der Waals surface area (Å²) < 4.78 is 4.99. The molecule has 16 heavy (non-hydrogen) atoms. The summed E-state index contributed by atoms with van der Waals surface area (Å²) in [4.78, 5) is 12.0. The van der Waals surface area contributed by atoms with E-state index >= 15 is 0 Å². The van der Waals surface area contributed by atoms with Crippen molar-refractivity contribution in [3.8, 4) is 0 Å². The predicted molar refractivity (Wildman–Crippen MR) is 65.3 cm³/mol. The second-order valence-electron chi connectivity index (χ2n) is 3.23. The van der Waals surface area contributed by atoms with E-state index in [4.69, 9.17) is 10.5 Å². The van der Waals surface area contributed by atoms with E-state index in [-0.39, 0.29) is 5.91 Å². The Morgan fingerprint density at radius 3 is 3.12 bits per heavy atom. The third-order valence-corrected chi connectivity index (χ3v) is 2.91. The normalized spacial score (nSPS) is 10.0. The van der Waals surface area contributed by atoms with Crippen LogP contribution in [0.25, 0.3) is 0 Å². The zero-order chi connectivity index (χ0) is 11.8. The van der Waals surface area contributed by atoms with E-state index in [1.54, 1.807) is 5.38 Å². The van der Waals surface area contributed by atoms with Crippen LogP contribution in [0.3, 0.4) is 0 Å². The molecule has 88 valence electrons. The first-order valence-corrected chi connectivity index (χ1v) is 5.92. The molecule has 4 nitrogen and oxygen atoms in total. The second kappa shape index (κ2) is 7.03. The highest BCUT2D eigenvalue weighted by Gasteiger charge is 2.03. The minimum Gasteiger partial charge on any atom is -0.502 e. The molecular weight excluding hydrogens is 224 g/mol. The lowest BCUT2D eigenvalue weighted by Crippen LogP contribution is -2.15. The van der Waals surface area contributed by atoms with Gasteiger partial charge in [-0.1, -0.05) is 6.58 Å². The quantitative estimate of drug-likeness (QED) is 0.534. The summed E-state index contributed by atoms with van der Waals surface area (Å²) in [5.74, 6) is -0.373. The number of hydrogen-bond acceptors (Lipinski definition) is 4. The molecule has 0 saturated heterocycles. The van der Waals surface area contributed by atoms with Gasteiger partial charge in [0.2, 0.25) is 5.91 Å². The number of carbonyl (C=O) groups excluding carboxylic acids is 1. The van der Waals surface area contributed by atoms with Gasteiger partial charge in [-0.25, -0.2) is 0 Å². The van der Waals surface area contributed by atoms with Gasteiger partial charge in [-0.3, -0.25) is 4.79 Å². The molecule has 1 aromatic heterocycles. The molecule has 0 saturated carbocycles. The molecule has 0 spiro atoms. The maximum absolute atomic E-state index is 10.8. The number of nitrogens with two attached hydrogens (primary N) is 1. The average molecular weight is 240 g/mol. The number of thiophene rings is 1. The summed E-state index contributed by atoms with van der Waals surface area (Å²) in [6, 6.07) is 1.82. The lowest BCUT2D eigenvalue weighted by molar-refractivity contribution is 0.100. The number of hydrogen-bond donors (Lipinski definition) is 2. The Morgan fingerprint density at radius 2 is 2.50 bits per heavy atom. The van der Waals surface area contributed by atoms with Crippen LogP contribution in [0.1, 0.15) is 21.7 Å². The summed E-state index contributed by atoms with van der Waals surface area (Å²) in [7, 11) is 0. The molecule has 0 radical (unpaired) electrons. The number of ether oxygens (including phenoxy) is 1. The topological polar surface area (TPSA) is 64.3 Å². The van der Waals surface area contributed by atoms with E-state index < -0.39 is 0 Å². The lowest BCUT2D eigenvalue weighted by Gasteiger charge is -2.02. The summed E-state index contributed by atoms with van der Waals surface area (Å²) in [6.07, 6.45) is 2.37. The van der Waals surface area contributed by atoms with Crippen LogP contribution < -0.4 is 11.1 Å². The van der Waals surface area contributed by atoms with Crippen LogP contribution >= 0.6 is 11.3 Å².